The van der Waals surface area contributed by atoms with E-state index in [4.69, 9.17) is 10.00 Å². The van der Waals surface area contributed by atoms with Crippen LogP contribution >= 0.6 is 0 Å². The number of nitrogens with one attached hydrogen (secondary N) is 1. The molecule has 0 atom stereocenters. The molecule has 1 N–H and O–H groups in total. The Morgan fingerprint density at radius 3 is 2.83 bits per heavy atom. The van der Waals surface area contributed by atoms with Gasteiger partial charge < -0.3 is 10.1 Å². The number of hydrogen-bond acceptors (Lipinski definition) is 3. The maximum absolute atomic E-state index is 8.22. The summed E-state index contributed by atoms with van der Waals surface area (Å²) in [5, 5.41) is 11.2. The van der Waals surface area contributed by atoms with Crippen molar-refractivity contribution in [2.75, 3.05) is 19.7 Å². The highest BCUT2D eigenvalue weighted by Crippen LogP contribution is 2.20. The number of nitriles is 1. The van der Waals surface area contributed by atoms with Gasteiger partial charge in [-0.05, 0) is 12.8 Å². The minimum Gasteiger partial charge on any atom is -0.377 e. The van der Waals surface area contributed by atoms with Crippen LogP contribution in [0.15, 0.2) is 0 Å². The fourth-order valence-corrected chi connectivity index (χ4v) is 1.50. The van der Waals surface area contributed by atoms with E-state index in [0.29, 0.717) is 12.6 Å². The first kappa shape index (κ1) is 9.50. The van der Waals surface area contributed by atoms with Crippen molar-refractivity contribution in [3.63, 3.8) is 0 Å². The highest BCUT2D eigenvalue weighted by atomic mass is 16.5. The van der Waals surface area contributed by atoms with E-state index in [1.165, 1.54) is 25.7 Å². The van der Waals surface area contributed by atoms with E-state index in [0.717, 1.165) is 13.2 Å². The predicted octanol–water partition coefficient (Wildman–Crippen LogP) is 1.06. The van der Waals surface area contributed by atoms with Gasteiger partial charge in [-0.1, -0.05) is 12.8 Å². The number of ether oxygens (including phenoxy) is 1. The Morgan fingerprint density at radius 2 is 2.17 bits per heavy atom. The van der Waals surface area contributed by atoms with Crippen molar-refractivity contribution in [3.8, 4) is 6.07 Å². The fraction of sp³-hybridized carbons (Fsp3) is 0.889. The number of nitrogens with zero attached hydrogens (tertiary/aromatic N) is 1. The van der Waals surface area contributed by atoms with E-state index in [9.17, 15) is 0 Å². The van der Waals surface area contributed by atoms with Crippen molar-refractivity contribution < 1.29 is 4.74 Å². The standard InChI is InChI=1S/C9H16N2O/c10-5-6-11-7-8-12-9-3-1-2-4-9/h9,11H,1-4,6-8H2. The average Bonchev–Trinajstić information content (AvgIpc) is 2.57. The zero-order valence-electron chi connectivity index (χ0n) is 7.38. The summed E-state index contributed by atoms with van der Waals surface area (Å²) in [6.45, 7) is 1.96. The zero-order chi connectivity index (χ0) is 8.65. The van der Waals surface area contributed by atoms with Crippen LogP contribution in [-0.4, -0.2) is 25.8 Å². The smallest absolute Gasteiger partial charge is 0.0841 e. The van der Waals surface area contributed by atoms with E-state index in [2.05, 4.69) is 5.32 Å². The molecule has 0 bridgehead atoms. The van der Waals surface area contributed by atoms with Crippen LogP contribution < -0.4 is 5.32 Å². The van der Waals surface area contributed by atoms with Crippen LogP contribution in [0.25, 0.3) is 0 Å². The van der Waals surface area contributed by atoms with Gasteiger partial charge in [-0.2, -0.15) is 5.26 Å². The molecule has 68 valence electrons. The van der Waals surface area contributed by atoms with Crippen LogP contribution in [0.3, 0.4) is 0 Å². The summed E-state index contributed by atoms with van der Waals surface area (Å²) in [5.74, 6) is 0. The second kappa shape index (κ2) is 5.99. The van der Waals surface area contributed by atoms with Gasteiger partial charge in [0.25, 0.3) is 0 Å². The summed E-state index contributed by atoms with van der Waals surface area (Å²) in [5.41, 5.74) is 0. The molecule has 0 aromatic heterocycles. The van der Waals surface area contributed by atoms with Crippen LogP contribution in [0.5, 0.6) is 0 Å². The molecule has 1 rings (SSSR count). The van der Waals surface area contributed by atoms with E-state index >= 15 is 0 Å². The first-order valence-corrected chi connectivity index (χ1v) is 4.63. The lowest BCUT2D eigenvalue weighted by molar-refractivity contribution is 0.0609. The quantitative estimate of drug-likeness (QED) is 0.493. The van der Waals surface area contributed by atoms with Crippen LogP contribution in [0.4, 0.5) is 0 Å². The van der Waals surface area contributed by atoms with Gasteiger partial charge >= 0.3 is 0 Å². The van der Waals surface area contributed by atoms with Crippen LogP contribution in [0, 0.1) is 11.3 Å². The lowest BCUT2D eigenvalue weighted by Crippen LogP contribution is -2.22. The van der Waals surface area contributed by atoms with Crippen LogP contribution in [-0.2, 0) is 4.74 Å². The average molecular weight is 168 g/mol. The maximum Gasteiger partial charge on any atom is 0.0841 e. The molecule has 3 nitrogen and oxygen atoms in total. The molecule has 3 heteroatoms. The molecule has 0 aromatic rings. The largest absolute Gasteiger partial charge is 0.377 e. The Balaban J connectivity index is 1.85. The highest BCUT2D eigenvalue weighted by molar-refractivity contribution is 4.72. The first-order chi connectivity index (χ1) is 5.93. The van der Waals surface area contributed by atoms with Gasteiger partial charge in [-0.15, -0.1) is 0 Å². The van der Waals surface area contributed by atoms with Gasteiger partial charge in [0.2, 0.25) is 0 Å². The van der Waals surface area contributed by atoms with Gasteiger partial charge in [0.1, 0.15) is 0 Å². The van der Waals surface area contributed by atoms with Gasteiger partial charge in [-0.25, -0.2) is 0 Å². The minimum atomic E-state index is 0.425. The van der Waals surface area contributed by atoms with Gasteiger partial charge in [0.05, 0.1) is 25.3 Å². The fourth-order valence-electron chi connectivity index (χ4n) is 1.50. The molecule has 0 radical (unpaired) electrons. The molecule has 0 heterocycles. The summed E-state index contributed by atoms with van der Waals surface area (Å²) in [7, 11) is 0. The van der Waals surface area contributed by atoms with Crippen molar-refractivity contribution in [1.29, 1.82) is 5.26 Å². The normalized spacial score (nSPS) is 17.9. The van der Waals surface area contributed by atoms with Crippen molar-refractivity contribution >= 4 is 0 Å². The minimum absolute atomic E-state index is 0.425. The molecule has 0 aromatic carbocycles. The third-order valence-corrected chi connectivity index (χ3v) is 2.14. The first-order valence-electron chi connectivity index (χ1n) is 4.63. The summed E-state index contributed by atoms with van der Waals surface area (Å²) < 4.78 is 5.58. The third-order valence-electron chi connectivity index (χ3n) is 2.14. The molecule has 1 fully saturated rings. The topological polar surface area (TPSA) is 45.0 Å². The van der Waals surface area contributed by atoms with Crippen molar-refractivity contribution in [1.82, 2.24) is 5.32 Å². The molecular weight excluding hydrogens is 152 g/mol. The molecule has 0 aliphatic heterocycles. The molecule has 1 saturated carbocycles. The van der Waals surface area contributed by atoms with Crippen molar-refractivity contribution in [3.05, 3.63) is 0 Å². The summed E-state index contributed by atoms with van der Waals surface area (Å²) >= 11 is 0. The third kappa shape index (κ3) is 3.70. The second-order valence-corrected chi connectivity index (χ2v) is 3.11. The number of hydrogen-bond donors (Lipinski definition) is 1. The van der Waals surface area contributed by atoms with E-state index < -0.39 is 0 Å². The Bertz CT molecular complexity index is 147. The zero-order valence-corrected chi connectivity index (χ0v) is 7.38. The van der Waals surface area contributed by atoms with Crippen molar-refractivity contribution in [2.45, 2.75) is 31.8 Å². The Hall–Kier alpha value is -0.590. The van der Waals surface area contributed by atoms with E-state index in [-0.39, 0.29) is 0 Å². The Labute approximate surface area is 73.7 Å². The van der Waals surface area contributed by atoms with Crippen LogP contribution in [0.1, 0.15) is 25.7 Å². The molecule has 0 saturated heterocycles. The summed E-state index contributed by atoms with van der Waals surface area (Å²) in [6, 6.07) is 2.03. The molecule has 1 aliphatic carbocycles. The van der Waals surface area contributed by atoms with Gasteiger partial charge in [0, 0.05) is 6.54 Å². The molecular formula is C9H16N2O. The lowest BCUT2D eigenvalue weighted by Gasteiger charge is -2.10. The lowest BCUT2D eigenvalue weighted by atomic mass is 10.3. The van der Waals surface area contributed by atoms with E-state index in [1.54, 1.807) is 0 Å². The summed E-state index contributed by atoms with van der Waals surface area (Å²) in [6.07, 6.45) is 5.57. The maximum atomic E-state index is 8.22. The molecule has 0 unspecified atom stereocenters. The monoisotopic (exact) mass is 168 g/mol. The number of rotatable bonds is 5. The SMILES string of the molecule is N#CCNCCOC1CCCC1. The Kier molecular flexibility index (Phi) is 4.74. The van der Waals surface area contributed by atoms with Gasteiger partial charge in [0.15, 0.2) is 0 Å². The molecule has 0 amide bonds. The summed E-state index contributed by atoms with van der Waals surface area (Å²) in [4.78, 5) is 0. The van der Waals surface area contributed by atoms with Crippen LogP contribution in [0.2, 0.25) is 0 Å². The Morgan fingerprint density at radius 1 is 1.42 bits per heavy atom. The highest BCUT2D eigenvalue weighted by Gasteiger charge is 2.14. The van der Waals surface area contributed by atoms with Crippen molar-refractivity contribution in [2.24, 2.45) is 0 Å². The van der Waals surface area contributed by atoms with E-state index in [1.807, 2.05) is 6.07 Å². The molecule has 1 aliphatic rings. The predicted molar refractivity (Wildman–Crippen MR) is 46.7 cm³/mol. The second-order valence-electron chi connectivity index (χ2n) is 3.11. The molecule has 0 spiro atoms. The molecule has 12 heavy (non-hydrogen) atoms. The van der Waals surface area contributed by atoms with Gasteiger partial charge in [-0.3, -0.25) is 0 Å².